The van der Waals surface area contributed by atoms with Gasteiger partial charge in [0.05, 0.1) is 5.56 Å². The van der Waals surface area contributed by atoms with E-state index in [2.05, 4.69) is 6.92 Å². The SMILES string of the molecule is CCC1CCC(N)(c2ccccc2C(F)(F)F)CC1. The van der Waals surface area contributed by atoms with E-state index in [9.17, 15) is 13.2 Å². The molecule has 1 aliphatic carbocycles. The highest BCUT2D eigenvalue weighted by Gasteiger charge is 2.41. The van der Waals surface area contributed by atoms with Crippen LogP contribution in [-0.2, 0) is 11.7 Å². The van der Waals surface area contributed by atoms with E-state index in [1.807, 2.05) is 0 Å². The molecule has 2 rings (SSSR count). The number of alkyl halides is 3. The Balaban J connectivity index is 2.32. The Morgan fingerprint density at radius 3 is 2.32 bits per heavy atom. The van der Waals surface area contributed by atoms with Crippen molar-refractivity contribution < 1.29 is 13.2 Å². The molecule has 1 nitrogen and oxygen atoms in total. The van der Waals surface area contributed by atoms with E-state index >= 15 is 0 Å². The number of nitrogens with two attached hydrogens (primary N) is 1. The maximum absolute atomic E-state index is 13.1. The fourth-order valence-corrected chi connectivity index (χ4v) is 3.03. The Morgan fingerprint density at radius 1 is 1.21 bits per heavy atom. The molecule has 0 heterocycles. The molecule has 1 fully saturated rings. The molecule has 1 aromatic carbocycles. The van der Waals surface area contributed by atoms with Crippen molar-refractivity contribution >= 4 is 0 Å². The summed E-state index contributed by atoms with van der Waals surface area (Å²) in [4.78, 5) is 0. The normalized spacial score (nSPS) is 28.4. The first-order valence-electron chi connectivity index (χ1n) is 6.82. The lowest BCUT2D eigenvalue weighted by molar-refractivity contribution is -0.139. The van der Waals surface area contributed by atoms with Crippen LogP contribution in [0.25, 0.3) is 0 Å². The molecule has 0 spiro atoms. The van der Waals surface area contributed by atoms with Crippen LogP contribution in [0.3, 0.4) is 0 Å². The quantitative estimate of drug-likeness (QED) is 0.844. The molecule has 0 amide bonds. The molecule has 0 aromatic heterocycles. The molecular formula is C15H20F3N. The van der Waals surface area contributed by atoms with Crippen molar-refractivity contribution in [2.24, 2.45) is 11.7 Å². The van der Waals surface area contributed by atoms with Crippen molar-refractivity contribution in [2.75, 3.05) is 0 Å². The van der Waals surface area contributed by atoms with Gasteiger partial charge in [-0.1, -0.05) is 31.5 Å². The molecule has 0 unspecified atom stereocenters. The molecule has 1 aromatic rings. The summed E-state index contributed by atoms with van der Waals surface area (Å²) in [5, 5.41) is 0. The lowest BCUT2D eigenvalue weighted by atomic mass is 9.71. The summed E-state index contributed by atoms with van der Waals surface area (Å²) in [6.07, 6.45) is -0.142. The molecule has 1 aliphatic rings. The van der Waals surface area contributed by atoms with Crippen molar-refractivity contribution in [3.05, 3.63) is 35.4 Å². The van der Waals surface area contributed by atoms with E-state index in [1.165, 1.54) is 12.1 Å². The van der Waals surface area contributed by atoms with Crippen LogP contribution in [0.4, 0.5) is 13.2 Å². The fraction of sp³-hybridized carbons (Fsp3) is 0.600. The third-order valence-electron chi connectivity index (χ3n) is 4.34. The molecule has 2 N–H and O–H groups in total. The van der Waals surface area contributed by atoms with Crippen molar-refractivity contribution in [1.82, 2.24) is 0 Å². The molecule has 106 valence electrons. The van der Waals surface area contributed by atoms with E-state index in [0.717, 1.165) is 25.3 Å². The van der Waals surface area contributed by atoms with E-state index in [4.69, 9.17) is 5.73 Å². The number of halogens is 3. The van der Waals surface area contributed by atoms with Gasteiger partial charge in [-0.15, -0.1) is 0 Å². The van der Waals surface area contributed by atoms with Gasteiger partial charge in [-0.05, 0) is 43.2 Å². The first-order chi connectivity index (χ1) is 8.87. The topological polar surface area (TPSA) is 26.0 Å². The zero-order valence-electron chi connectivity index (χ0n) is 11.1. The Labute approximate surface area is 112 Å². The lowest BCUT2D eigenvalue weighted by Gasteiger charge is -2.38. The van der Waals surface area contributed by atoms with E-state index in [1.54, 1.807) is 6.07 Å². The van der Waals surface area contributed by atoms with Crippen LogP contribution in [-0.4, -0.2) is 0 Å². The summed E-state index contributed by atoms with van der Waals surface area (Å²) in [7, 11) is 0. The van der Waals surface area contributed by atoms with Gasteiger partial charge in [-0.3, -0.25) is 0 Å². The number of rotatable bonds is 2. The van der Waals surface area contributed by atoms with Gasteiger partial charge in [0.25, 0.3) is 0 Å². The van der Waals surface area contributed by atoms with Gasteiger partial charge in [-0.25, -0.2) is 0 Å². The third-order valence-corrected chi connectivity index (χ3v) is 4.34. The van der Waals surface area contributed by atoms with Crippen LogP contribution in [0.15, 0.2) is 24.3 Å². The monoisotopic (exact) mass is 271 g/mol. The van der Waals surface area contributed by atoms with E-state index < -0.39 is 17.3 Å². The van der Waals surface area contributed by atoms with E-state index in [0.29, 0.717) is 18.8 Å². The van der Waals surface area contributed by atoms with Gasteiger partial charge in [-0.2, -0.15) is 13.2 Å². The standard InChI is InChI=1S/C15H20F3N/c1-2-11-7-9-14(19,10-8-11)12-5-3-4-6-13(12)15(16,17)18/h3-6,11H,2,7-10,19H2,1H3. The summed E-state index contributed by atoms with van der Waals surface area (Å²) in [5.41, 5.74) is 5.16. The Kier molecular flexibility index (Phi) is 3.90. The Morgan fingerprint density at radius 2 is 1.79 bits per heavy atom. The molecule has 0 bridgehead atoms. The molecule has 0 atom stereocenters. The second-order valence-electron chi connectivity index (χ2n) is 5.55. The van der Waals surface area contributed by atoms with Gasteiger partial charge >= 0.3 is 6.18 Å². The Bertz CT molecular complexity index is 431. The van der Waals surface area contributed by atoms with Crippen LogP contribution >= 0.6 is 0 Å². The second-order valence-corrected chi connectivity index (χ2v) is 5.55. The van der Waals surface area contributed by atoms with Crippen LogP contribution < -0.4 is 5.73 Å². The fourth-order valence-electron chi connectivity index (χ4n) is 3.03. The summed E-state index contributed by atoms with van der Waals surface area (Å²) in [6.45, 7) is 2.12. The zero-order valence-corrected chi connectivity index (χ0v) is 11.1. The Hall–Kier alpha value is -1.03. The average Bonchev–Trinajstić information content (AvgIpc) is 2.39. The smallest absolute Gasteiger partial charge is 0.321 e. The van der Waals surface area contributed by atoms with Crippen molar-refractivity contribution in [2.45, 2.75) is 50.7 Å². The number of benzene rings is 1. The summed E-state index contributed by atoms with van der Waals surface area (Å²) in [5.74, 6) is 0.606. The van der Waals surface area contributed by atoms with Gasteiger partial charge < -0.3 is 5.73 Å². The lowest BCUT2D eigenvalue weighted by Crippen LogP contribution is -2.42. The van der Waals surface area contributed by atoms with Gasteiger partial charge in [0.1, 0.15) is 0 Å². The summed E-state index contributed by atoms with van der Waals surface area (Å²) < 4.78 is 39.2. The highest BCUT2D eigenvalue weighted by atomic mass is 19.4. The minimum Gasteiger partial charge on any atom is -0.321 e. The zero-order chi connectivity index (χ0) is 14.1. The molecule has 4 heteroatoms. The van der Waals surface area contributed by atoms with Crippen molar-refractivity contribution in [1.29, 1.82) is 0 Å². The van der Waals surface area contributed by atoms with Crippen molar-refractivity contribution in [3.63, 3.8) is 0 Å². The maximum atomic E-state index is 13.1. The van der Waals surface area contributed by atoms with Gasteiger partial charge in [0.2, 0.25) is 0 Å². The van der Waals surface area contributed by atoms with Gasteiger partial charge in [0, 0.05) is 5.54 Å². The predicted octanol–water partition coefficient (Wildman–Crippen LogP) is 4.46. The number of hydrogen-bond acceptors (Lipinski definition) is 1. The van der Waals surface area contributed by atoms with Crippen LogP contribution in [0.2, 0.25) is 0 Å². The maximum Gasteiger partial charge on any atom is 0.416 e. The predicted molar refractivity (Wildman–Crippen MR) is 69.6 cm³/mol. The van der Waals surface area contributed by atoms with Crippen LogP contribution in [0, 0.1) is 5.92 Å². The molecular weight excluding hydrogens is 251 g/mol. The average molecular weight is 271 g/mol. The minimum atomic E-state index is -4.33. The highest BCUT2D eigenvalue weighted by Crippen LogP contribution is 2.43. The molecule has 19 heavy (non-hydrogen) atoms. The van der Waals surface area contributed by atoms with Gasteiger partial charge in [0.15, 0.2) is 0 Å². The highest BCUT2D eigenvalue weighted by molar-refractivity contribution is 5.36. The molecule has 0 radical (unpaired) electrons. The summed E-state index contributed by atoms with van der Waals surface area (Å²) in [6, 6.07) is 5.74. The molecule has 1 saturated carbocycles. The molecule has 0 saturated heterocycles. The largest absolute Gasteiger partial charge is 0.416 e. The van der Waals surface area contributed by atoms with Crippen LogP contribution in [0.5, 0.6) is 0 Å². The first-order valence-corrected chi connectivity index (χ1v) is 6.82. The second kappa shape index (κ2) is 5.16. The third kappa shape index (κ3) is 2.94. The summed E-state index contributed by atoms with van der Waals surface area (Å²) >= 11 is 0. The first kappa shape index (κ1) is 14.4. The van der Waals surface area contributed by atoms with Crippen molar-refractivity contribution in [3.8, 4) is 0 Å². The minimum absolute atomic E-state index is 0.261. The number of hydrogen-bond donors (Lipinski definition) is 1. The van der Waals surface area contributed by atoms with Crippen LogP contribution in [0.1, 0.15) is 50.2 Å². The molecule has 0 aliphatic heterocycles. The van der Waals surface area contributed by atoms with E-state index in [-0.39, 0.29) is 5.56 Å².